The molecule has 3 aromatic carbocycles. The molecule has 0 spiro atoms. The first-order valence-corrected chi connectivity index (χ1v) is 17.0. The van der Waals surface area contributed by atoms with E-state index >= 15 is 0 Å². The fourth-order valence-electron chi connectivity index (χ4n) is 5.89. The highest BCUT2D eigenvalue weighted by Gasteiger charge is 2.48. The van der Waals surface area contributed by atoms with Crippen molar-refractivity contribution in [1.29, 1.82) is 0 Å². The minimum absolute atomic E-state index is 0.0425. The molecule has 42 heavy (non-hydrogen) atoms. The Balaban J connectivity index is 1.36. The molecule has 0 bridgehead atoms. The van der Waals surface area contributed by atoms with Crippen LogP contribution in [0.5, 0.6) is 11.5 Å². The Morgan fingerprint density at radius 1 is 0.833 bits per heavy atom. The largest absolute Gasteiger partial charge is 0.454 e. The minimum Gasteiger partial charge on any atom is -0.454 e. The smallest absolute Gasteiger partial charge is 0.330 e. The molecule has 2 aliphatic rings. The molecule has 0 unspecified atom stereocenters. The van der Waals surface area contributed by atoms with Crippen LogP contribution in [0.4, 0.5) is 0 Å². The number of nitrogens with one attached hydrogen (secondary N) is 1. The lowest BCUT2D eigenvalue weighted by Crippen LogP contribution is -2.44. The summed E-state index contributed by atoms with van der Waals surface area (Å²) in [7, 11) is -3.20. The summed E-state index contributed by atoms with van der Waals surface area (Å²) in [6.45, 7) is 5.62. The van der Waals surface area contributed by atoms with Gasteiger partial charge in [0, 0.05) is 6.54 Å². The number of carbonyl (C=O) groups excluding carboxylic acids is 1. The number of fused-ring (bicyclic) bond motifs is 4. The van der Waals surface area contributed by atoms with E-state index in [1.54, 1.807) is 0 Å². The van der Waals surface area contributed by atoms with Crippen LogP contribution in [0.2, 0.25) is 0 Å². The summed E-state index contributed by atoms with van der Waals surface area (Å²) in [5.41, 5.74) is 4.27. The van der Waals surface area contributed by atoms with E-state index in [1.807, 2.05) is 42.5 Å². The summed E-state index contributed by atoms with van der Waals surface area (Å²) in [5, 5.41) is 3.24. The lowest BCUT2D eigenvalue weighted by Gasteiger charge is -2.31. The van der Waals surface area contributed by atoms with Crippen molar-refractivity contribution in [2.24, 2.45) is 0 Å². The molecule has 224 valence electrons. The highest BCUT2D eigenvalue weighted by Crippen LogP contribution is 2.53. The first-order chi connectivity index (χ1) is 20.5. The van der Waals surface area contributed by atoms with Crippen LogP contribution >= 0.6 is 7.60 Å². The van der Waals surface area contributed by atoms with Crippen LogP contribution in [0.25, 0.3) is 11.1 Å². The summed E-state index contributed by atoms with van der Waals surface area (Å²) in [4.78, 5) is 14.4. The first-order valence-electron chi connectivity index (χ1n) is 15.2. The molecule has 7 nitrogen and oxygen atoms in total. The highest BCUT2D eigenvalue weighted by atomic mass is 31.2. The Morgan fingerprint density at radius 2 is 1.45 bits per heavy atom. The summed E-state index contributed by atoms with van der Waals surface area (Å²) in [5.74, 6) is 1.37. The predicted octanol–water partition coefficient (Wildman–Crippen LogP) is 8.00. The van der Waals surface area contributed by atoms with Crippen molar-refractivity contribution < 1.29 is 27.9 Å². The van der Waals surface area contributed by atoms with Crippen LogP contribution in [-0.4, -0.2) is 32.1 Å². The van der Waals surface area contributed by atoms with E-state index in [0.717, 1.165) is 59.3 Å². The Labute approximate surface area is 249 Å². The molecule has 8 heteroatoms. The van der Waals surface area contributed by atoms with Crippen LogP contribution in [-0.2, 0) is 30.4 Å². The Kier molecular flexibility index (Phi) is 10.0. The van der Waals surface area contributed by atoms with E-state index in [2.05, 4.69) is 43.4 Å². The fourth-order valence-corrected chi connectivity index (χ4v) is 7.65. The van der Waals surface area contributed by atoms with E-state index in [9.17, 15) is 9.36 Å². The summed E-state index contributed by atoms with van der Waals surface area (Å²) >= 11 is 0. The lowest BCUT2D eigenvalue weighted by molar-refractivity contribution is -0.125. The van der Waals surface area contributed by atoms with E-state index in [-0.39, 0.29) is 12.7 Å². The lowest BCUT2D eigenvalue weighted by atomic mass is 9.73. The quantitative estimate of drug-likeness (QED) is 0.134. The Morgan fingerprint density at radius 3 is 2.10 bits per heavy atom. The maximum atomic E-state index is 14.4. The average Bonchev–Trinajstić information content (AvgIpc) is 3.60. The van der Waals surface area contributed by atoms with Crippen molar-refractivity contribution in [3.8, 4) is 22.6 Å². The molecule has 0 saturated heterocycles. The van der Waals surface area contributed by atoms with Crippen LogP contribution in [0, 0.1) is 0 Å². The molecule has 1 amide bonds. The fraction of sp³-hybridized carbons (Fsp3) is 0.441. The van der Waals surface area contributed by atoms with Gasteiger partial charge in [-0.05, 0) is 65.6 Å². The van der Waals surface area contributed by atoms with Gasteiger partial charge in [-0.15, -0.1) is 0 Å². The van der Waals surface area contributed by atoms with Gasteiger partial charge in [-0.2, -0.15) is 0 Å². The third-order valence-electron chi connectivity index (χ3n) is 8.15. The predicted molar refractivity (Wildman–Crippen MR) is 165 cm³/mol. The zero-order valence-electron chi connectivity index (χ0n) is 24.7. The van der Waals surface area contributed by atoms with Crippen LogP contribution in [0.3, 0.4) is 0 Å². The van der Waals surface area contributed by atoms with Crippen LogP contribution in [0.15, 0.2) is 66.7 Å². The van der Waals surface area contributed by atoms with E-state index in [1.165, 1.54) is 0 Å². The molecule has 5 rings (SSSR count). The molecule has 0 aromatic heterocycles. The molecular formula is C34H42NO6P. The Bertz CT molecular complexity index is 1360. The van der Waals surface area contributed by atoms with Gasteiger partial charge in [0.2, 0.25) is 12.7 Å². The third kappa shape index (κ3) is 6.44. The number of hydrogen-bond acceptors (Lipinski definition) is 6. The number of hydrogen-bond donors (Lipinski definition) is 1. The maximum Gasteiger partial charge on any atom is 0.330 e. The van der Waals surface area contributed by atoms with Crippen molar-refractivity contribution >= 4 is 13.5 Å². The monoisotopic (exact) mass is 591 g/mol. The van der Waals surface area contributed by atoms with Gasteiger partial charge in [0.15, 0.2) is 11.5 Å². The second-order valence-corrected chi connectivity index (χ2v) is 13.2. The summed E-state index contributed by atoms with van der Waals surface area (Å²) in [6, 6.07) is 22.1. The topological polar surface area (TPSA) is 83.1 Å². The molecule has 3 aromatic rings. The van der Waals surface area contributed by atoms with Gasteiger partial charge in [-0.25, -0.2) is 0 Å². The second-order valence-electron chi connectivity index (χ2n) is 11.0. The second kappa shape index (κ2) is 13.9. The zero-order valence-corrected chi connectivity index (χ0v) is 25.6. The number of carbonyl (C=O) groups is 1. The van der Waals surface area contributed by atoms with Crippen molar-refractivity contribution in [2.45, 2.75) is 70.8 Å². The van der Waals surface area contributed by atoms with Gasteiger partial charge < -0.3 is 23.8 Å². The minimum atomic E-state index is -3.20. The molecule has 0 radical (unpaired) electrons. The van der Waals surface area contributed by atoms with Gasteiger partial charge in [0.25, 0.3) is 0 Å². The third-order valence-corrected chi connectivity index (χ3v) is 10.2. The molecule has 1 aliphatic heterocycles. The van der Waals surface area contributed by atoms with Crippen molar-refractivity contribution in [1.82, 2.24) is 5.32 Å². The molecule has 1 N–H and O–H groups in total. The summed E-state index contributed by atoms with van der Waals surface area (Å²) < 4.78 is 36.2. The maximum absolute atomic E-state index is 14.4. The molecule has 0 saturated carbocycles. The van der Waals surface area contributed by atoms with Crippen LogP contribution in [0.1, 0.15) is 75.5 Å². The normalized spacial score (nSPS) is 14.4. The standard InChI is InChI=1S/C34H42NO6P/c1-3-5-20-40-42(37,41-21-6-4-2)22-12-11-19-34(29-15-9-7-13-27(29)28-14-8-10-16-30(28)34)33(36)35-24-26-17-18-31-32(23-26)39-25-38-31/h7-10,13-18,23H,3-6,11-12,19-22,24-25H2,1-2H3,(H,35,36). The number of ether oxygens (including phenoxy) is 2. The molecule has 0 fully saturated rings. The van der Waals surface area contributed by atoms with Gasteiger partial charge >= 0.3 is 7.60 Å². The van der Waals surface area contributed by atoms with Gasteiger partial charge in [0.1, 0.15) is 5.41 Å². The van der Waals surface area contributed by atoms with Gasteiger partial charge in [-0.3, -0.25) is 9.36 Å². The molecule has 1 aliphatic carbocycles. The zero-order chi connectivity index (χ0) is 29.4. The number of unbranched alkanes of at least 4 members (excludes halogenated alkanes) is 3. The van der Waals surface area contributed by atoms with Crippen molar-refractivity contribution in [3.63, 3.8) is 0 Å². The average molecular weight is 592 g/mol. The number of rotatable bonds is 16. The van der Waals surface area contributed by atoms with Gasteiger partial charge in [0.05, 0.1) is 19.4 Å². The van der Waals surface area contributed by atoms with Crippen molar-refractivity contribution in [2.75, 3.05) is 26.2 Å². The molecule has 1 heterocycles. The van der Waals surface area contributed by atoms with Gasteiger partial charge in [-0.1, -0.05) is 87.7 Å². The van der Waals surface area contributed by atoms with E-state index in [0.29, 0.717) is 50.9 Å². The SMILES string of the molecule is CCCCOP(=O)(CCCCC1(C(=O)NCc2ccc3c(c2)OCO3)c2ccccc2-c2ccccc21)OCCCC. The van der Waals surface area contributed by atoms with Crippen LogP contribution < -0.4 is 14.8 Å². The Hall–Kier alpha value is -3.12. The summed E-state index contributed by atoms with van der Waals surface area (Å²) in [6.07, 6.45) is 5.89. The van der Waals surface area contributed by atoms with Crippen molar-refractivity contribution in [3.05, 3.63) is 83.4 Å². The number of amides is 1. The number of benzene rings is 3. The first kappa shape index (κ1) is 30.3. The van der Waals surface area contributed by atoms with E-state index < -0.39 is 13.0 Å². The molecule has 0 atom stereocenters. The highest BCUT2D eigenvalue weighted by molar-refractivity contribution is 7.53. The van der Waals surface area contributed by atoms with E-state index in [4.69, 9.17) is 18.5 Å². The molecular weight excluding hydrogens is 549 g/mol.